The van der Waals surface area contributed by atoms with Crippen LogP contribution >= 0.6 is 0 Å². The van der Waals surface area contributed by atoms with Gasteiger partial charge in [-0.25, -0.2) is 0 Å². The van der Waals surface area contributed by atoms with Crippen LogP contribution in [0, 0.1) is 0 Å². The number of hydrogen-bond donors (Lipinski definition) is 3. The molecule has 2 saturated heterocycles. The third-order valence-electron chi connectivity index (χ3n) is 8.41. The normalized spacial score (nSPS) is 22.7. The molecule has 4 atom stereocenters. The average molecular weight is 489 g/mol. The van der Waals surface area contributed by atoms with E-state index in [4.69, 9.17) is 0 Å². The summed E-state index contributed by atoms with van der Waals surface area (Å²) in [5, 5.41) is 19.9. The average Bonchev–Trinajstić information content (AvgIpc) is 3.68. The standard InChI is InChI=1S/C34H36N2O/c37-34(28-16-6-2-7-17-28,29-18-8-3-9-19-29)32-22-21-30(36-32)26-14-10-15-27(24-26)33(31-20-11-23-35-31)25-12-4-1-5-13-25/h1-10,12-19,24,30-33,35-37H,11,20-23H2. The molecule has 4 aromatic rings. The van der Waals surface area contributed by atoms with Crippen molar-refractivity contribution in [1.82, 2.24) is 10.6 Å². The highest BCUT2D eigenvalue weighted by atomic mass is 16.3. The van der Waals surface area contributed by atoms with Gasteiger partial charge in [-0.3, -0.25) is 0 Å². The van der Waals surface area contributed by atoms with Gasteiger partial charge in [-0.1, -0.05) is 115 Å². The van der Waals surface area contributed by atoms with Crippen LogP contribution in [0.25, 0.3) is 0 Å². The van der Waals surface area contributed by atoms with Crippen LogP contribution < -0.4 is 10.6 Å². The van der Waals surface area contributed by atoms with Crippen molar-refractivity contribution in [1.29, 1.82) is 0 Å². The Morgan fingerprint density at radius 1 is 0.676 bits per heavy atom. The summed E-state index contributed by atoms with van der Waals surface area (Å²) in [4.78, 5) is 0. The number of nitrogens with one attached hydrogen (secondary N) is 2. The van der Waals surface area contributed by atoms with E-state index in [0.717, 1.165) is 30.5 Å². The summed E-state index contributed by atoms with van der Waals surface area (Å²) in [6.45, 7) is 1.09. The number of aliphatic hydroxyl groups is 1. The van der Waals surface area contributed by atoms with Crippen LogP contribution in [-0.2, 0) is 5.60 Å². The van der Waals surface area contributed by atoms with Crippen LogP contribution in [0.1, 0.15) is 65.5 Å². The maximum atomic E-state index is 12.3. The summed E-state index contributed by atoms with van der Waals surface area (Å²) < 4.78 is 0. The highest BCUT2D eigenvalue weighted by Gasteiger charge is 2.44. The molecule has 3 nitrogen and oxygen atoms in total. The van der Waals surface area contributed by atoms with Crippen molar-refractivity contribution < 1.29 is 5.11 Å². The monoisotopic (exact) mass is 488 g/mol. The highest BCUT2D eigenvalue weighted by Crippen LogP contribution is 2.41. The molecule has 3 heteroatoms. The van der Waals surface area contributed by atoms with E-state index in [1.54, 1.807) is 0 Å². The summed E-state index contributed by atoms with van der Waals surface area (Å²) >= 11 is 0. The number of benzene rings is 4. The van der Waals surface area contributed by atoms with Crippen molar-refractivity contribution in [3.05, 3.63) is 143 Å². The topological polar surface area (TPSA) is 44.3 Å². The Bertz CT molecular complexity index is 1250. The van der Waals surface area contributed by atoms with Crippen molar-refractivity contribution in [2.75, 3.05) is 6.54 Å². The minimum atomic E-state index is -1.09. The molecule has 0 saturated carbocycles. The van der Waals surface area contributed by atoms with Crippen LogP contribution in [0.5, 0.6) is 0 Å². The van der Waals surface area contributed by atoms with Crippen LogP contribution in [0.2, 0.25) is 0 Å². The Morgan fingerprint density at radius 3 is 1.92 bits per heavy atom. The molecule has 0 radical (unpaired) electrons. The zero-order valence-electron chi connectivity index (χ0n) is 21.3. The molecular weight excluding hydrogens is 452 g/mol. The van der Waals surface area contributed by atoms with Crippen molar-refractivity contribution in [3.8, 4) is 0 Å². The van der Waals surface area contributed by atoms with Crippen molar-refractivity contribution in [2.45, 2.75) is 55.3 Å². The zero-order valence-corrected chi connectivity index (χ0v) is 21.3. The predicted octanol–water partition coefficient (Wildman–Crippen LogP) is 6.30. The molecule has 2 heterocycles. The third kappa shape index (κ3) is 4.75. The van der Waals surface area contributed by atoms with Crippen LogP contribution in [0.3, 0.4) is 0 Å². The van der Waals surface area contributed by atoms with Crippen LogP contribution in [0.4, 0.5) is 0 Å². The maximum Gasteiger partial charge on any atom is 0.130 e. The molecule has 0 aliphatic carbocycles. The largest absolute Gasteiger partial charge is 0.379 e. The highest BCUT2D eigenvalue weighted by molar-refractivity contribution is 5.41. The Kier molecular flexibility index (Phi) is 6.93. The van der Waals surface area contributed by atoms with Gasteiger partial charge in [-0.15, -0.1) is 0 Å². The second kappa shape index (κ2) is 10.6. The summed E-state index contributed by atoms with van der Waals surface area (Å²) in [5.41, 5.74) is 4.83. The Hall–Kier alpha value is -3.24. The predicted molar refractivity (Wildman–Crippen MR) is 151 cm³/mol. The van der Waals surface area contributed by atoms with Crippen molar-refractivity contribution in [3.63, 3.8) is 0 Å². The molecular formula is C34H36N2O. The first kappa shape index (κ1) is 24.1. The zero-order chi connectivity index (χ0) is 25.1. The van der Waals surface area contributed by atoms with Crippen LogP contribution in [-0.4, -0.2) is 23.7 Å². The van der Waals surface area contributed by atoms with Gasteiger partial charge >= 0.3 is 0 Å². The lowest BCUT2D eigenvalue weighted by Crippen LogP contribution is -2.46. The first-order chi connectivity index (χ1) is 18.2. The van der Waals surface area contributed by atoms with Gasteiger partial charge in [-0.2, -0.15) is 0 Å². The summed E-state index contributed by atoms with van der Waals surface area (Å²) in [6, 6.07) is 40.9. The number of hydrogen-bond acceptors (Lipinski definition) is 3. The summed E-state index contributed by atoms with van der Waals surface area (Å²) in [6.07, 6.45) is 4.33. The maximum absolute atomic E-state index is 12.3. The molecule has 0 amide bonds. The first-order valence-electron chi connectivity index (χ1n) is 13.7. The lowest BCUT2D eigenvalue weighted by atomic mass is 9.79. The van der Waals surface area contributed by atoms with Gasteiger partial charge in [0.15, 0.2) is 0 Å². The van der Waals surface area contributed by atoms with E-state index in [9.17, 15) is 5.11 Å². The molecule has 0 aromatic heterocycles. The molecule has 0 bridgehead atoms. The molecule has 0 spiro atoms. The van der Waals surface area contributed by atoms with Gasteiger partial charge in [0, 0.05) is 24.0 Å². The van der Waals surface area contributed by atoms with E-state index in [0.29, 0.717) is 12.0 Å². The van der Waals surface area contributed by atoms with Gasteiger partial charge in [0.05, 0.1) is 0 Å². The van der Waals surface area contributed by atoms with Gasteiger partial charge in [0.1, 0.15) is 5.60 Å². The van der Waals surface area contributed by atoms with E-state index in [1.165, 1.54) is 29.5 Å². The minimum absolute atomic E-state index is 0.0765. The SMILES string of the molecule is OC(c1ccccc1)(c1ccccc1)C1CCC(c2cccc(C(c3ccccc3)C3CCCN3)c2)N1. The molecule has 188 valence electrons. The Balaban J connectivity index is 1.31. The quantitative estimate of drug-likeness (QED) is 0.286. The smallest absolute Gasteiger partial charge is 0.130 e. The van der Waals surface area contributed by atoms with Gasteiger partial charge < -0.3 is 15.7 Å². The molecule has 4 unspecified atom stereocenters. The van der Waals surface area contributed by atoms with E-state index in [2.05, 4.69) is 65.2 Å². The molecule has 2 fully saturated rings. The minimum Gasteiger partial charge on any atom is -0.379 e. The van der Waals surface area contributed by atoms with Gasteiger partial charge in [0.2, 0.25) is 0 Å². The molecule has 2 aliphatic rings. The fourth-order valence-electron chi connectivity index (χ4n) is 6.57. The van der Waals surface area contributed by atoms with E-state index >= 15 is 0 Å². The first-order valence-corrected chi connectivity index (χ1v) is 13.7. The number of rotatable bonds is 7. The Morgan fingerprint density at radius 2 is 1.30 bits per heavy atom. The Labute approximate surface area is 220 Å². The fraction of sp³-hybridized carbons (Fsp3) is 0.294. The molecule has 6 rings (SSSR count). The van der Waals surface area contributed by atoms with Gasteiger partial charge in [-0.05, 0) is 60.0 Å². The van der Waals surface area contributed by atoms with E-state index in [1.807, 2.05) is 60.7 Å². The fourth-order valence-corrected chi connectivity index (χ4v) is 6.57. The molecule has 3 N–H and O–H groups in total. The summed E-state index contributed by atoms with van der Waals surface area (Å²) in [5.74, 6) is 0.339. The lowest BCUT2D eigenvalue weighted by molar-refractivity contribution is 0.0425. The lowest BCUT2D eigenvalue weighted by Gasteiger charge is -2.36. The molecule has 2 aliphatic heterocycles. The second-order valence-corrected chi connectivity index (χ2v) is 10.6. The van der Waals surface area contributed by atoms with E-state index in [-0.39, 0.29) is 12.1 Å². The van der Waals surface area contributed by atoms with Crippen molar-refractivity contribution in [2.24, 2.45) is 0 Å². The van der Waals surface area contributed by atoms with E-state index < -0.39 is 5.60 Å². The third-order valence-corrected chi connectivity index (χ3v) is 8.41. The summed E-state index contributed by atoms with van der Waals surface area (Å²) in [7, 11) is 0. The molecule has 37 heavy (non-hydrogen) atoms. The van der Waals surface area contributed by atoms with Crippen LogP contribution in [0.15, 0.2) is 115 Å². The van der Waals surface area contributed by atoms with Crippen molar-refractivity contribution >= 4 is 0 Å². The molecule has 4 aromatic carbocycles. The second-order valence-electron chi connectivity index (χ2n) is 10.6. The van der Waals surface area contributed by atoms with Gasteiger partial charge in [0.25, 0.3) is 0 Å².